The molecule has 4 aromatic rings. The average Bonchev–Trinajstić information content (AvgIpc) is 3.26. The lowest BCUT2D eigenvalue weighted by atomic mass is 9.95. The van der Waals surface area contributed by atoms with Crippen molar-refractivity contribution in [2.45, 2.75) is 26.0 Å². The maximum Gasteiger partial charge on any atom is 0.338 e. The molecular weight excluding hydrogens is 574 g/mol. The lowest BCUT2D eigenvalue weighted by Gasteiger charge is -2.25. The summed E-state index contributed by atoms with van der Waals surface area (Å²) in [5.74, 6) is -0.699. The van der Waals surface area contributed by atoms with Crippen molar-refractivity contribution in [2.75, 3.05) is 7.11 Å². The van der Waals surface area contributed by atoms with Gasteiger partial charge in [0.25, 0.3) is 5.56 Å². The molecule has 0 radical (unpaired) electrons. The van der Waals surface area contributed by atoms with E-state index < -0.39 is 17.8 Å². The smallest absolute Gasteiger partial charge is 0.338 e. The van der Waals surface area contributed by atoms with E-state index in [0.29, 0.717) is 43.2 Å². The molecule has 40 heavy (non-hydrogen) atoms. The van der Waals surface area contributed by atoms with Gasteiger partial charge in [0.1, 0.15) is 18.2 Å². The van der Waals surface area contributed by atoms with Crippen LogP contribution >= 0.6 is 34.5 Å². The Hall–Kier alpha value is -3.72. The SMILES string of the molecule is CCC1=C(C(=O)OC)[C@H](c2ccccc2)n2c(s/c(=C/c3cc(Cl)cc(Cl)c3OCc3ccccc3F)c2=O)=N1. The fourth-order valence-electron chi connectivity index (χ4n) is 4.56. The fourth-order valence-corrected chi connectivity index (χ4v) is 6.14. The molecule has 0 spiro atoms. The van der Waals surface area contributed by atoms with Crippen LogP contribution in [0.4, 0.5) is 4.39 Å². The summed E-state index contributed by atoms with van der Waals surface area (Å²) in [7, 11) is 1.31. The van der Waals surface area contributed by atoms with Crippen molar-refractivity contribution >= 4 is 46.6 Å². The molecule has 0 saturated carbocycles. The van der Waals surface area contributed by atoms with E-state index in [0.717, 1.165) is 5.56 Å². The number of ether oxygens (including phenoxy) is 2. The summed E-state index contributed by atoms with van der Waals surface area (Å²) in [4.78, 5) is 32.0. The van der Waals surface area contributed by atoms with Crippen LogP contribution in [0.15, 0.2) is 87.8 Å². The number of fused-ring (bicyclic) bond motifs is 1. The van der Waals surface area contributed by atoms with Crippen LogP contribution in [0.1, 0.15) is 36.1 Å². The van der Waals surface area contributed by atoms with Crippen molar-refractivity contribution in [2.24, 2.45) is 4.99 Å². The van der Waals surface area contributed by atoms with Gasteiger partial charge in [0, 0.05) is 16.1 Å². The number of hydrogen-bond donors (Lipinski definition) is 0. The standard InChI is InChI=1S/C30H23Cl2FN2O4S/c1-3-23-25(29(37)38-2)26(17-9-5-4-6-10-17)35-28(36)24(40-30(35)34-23)14-19-13-20(31)15-21(32)27(19)39-16-18-11-7-8-12-22(18)33/h4-15,26H,3,16H2,1-2H3/b24-14+/t26-/m0/s1. The summed E-state index contributed by atoms with van der Waals surface area (Å²) < 4.78 is 27.1. The summed E-state index contributed by atoms with van der Waals surface area (Å²) in [5, 5.41) is 0.553. The van der Waals surface area contributed by atoms with Crippen molar-refractivity contribution in [3.05, 3.63) is 130 Å². The number of carbonyl (C=O) groups is 1. The third-order valence-corrected chi connectivity index (χ3v) is 7.90. The lowest BCUT2D eigenvalue weighted by molar-refractivity contribution is -0.136. The molecule has 0 unspecified atom stereocenters. The summed E-state index contributed by atoms with van der Waals surface area (Å²) in [6.45, 7) is 1.82. The minimum Gasteiger partial charge on any atom is -0.487 e. The van der Waals surface area contributed by atoms with E-state index in [1.807, 2.05) is 37.3 Å². The van der Waals surface area contributed by atoms with Crippen LogP contribution < -0.4 is 19.6 Å². The molecule has 10 heteroatoms. The fraction of sp³-hybridized carbons (Fsp3) is 0.167. The van der Waals surface area contributed by atoms with Gasteiger partial charge in [-0.2, -0.15) is 0 Å². The van der Waals surface area contributed by atoms with E-state index in [2.05, 4.69) is 4.99 Å². The van der Waals surface area contributed by atoms with Crippen molar-refractivity contribution < 1.29 is 18.7 Å². The Morgan fingerprint density at radius 2 is 1.85 bits per heavy atom. The van der Waals surface area contributed by atoms with Crippen LogP contribution in [0.3, 0.4) is 0 Å². The molecule has 6 nitrogen and oxygen atoms in total. The number of methoxy groups -OCH3 is 1. The van der Waals surface area contributed by atoms with Gasteiger partial charge < -0.3 is 9.47 Å². The Balaban J connectivity index is 1.67. The van der Waals surface area contributed by atoms with Gasteiger partial charge in [0.2, 0.25) is 0 Å². The highest BCUT2D eigenvalue weighted by molar-refractivity contribution is 7.07. The number of aromatic nitrogens is 1. The number of esters is 1. The molecule has 3 aromatic carbocycles. The molecule has 1 aromatic heterocycles. The van der Waals surface area contributed by atoms with Gasteiger partial charge >= 0.3 is 5.97 Å². The molecule has 1 aliphatic rings. The number of carbonyl (C=O) groups excluding carboxylic acids is 1. The van der Waals surface area contributed by atoms with Gasteiger partial charge in [-0.3, -0.25) is 9.36 Å². The number of rotatable bonds is 7. The Morgan fingerprint density at radius 3 is 2.55 bits per heavy atom. The Kier molecular flexibility index (Phi) is 8.21. The first kappa shape index (κ1) is 27.8. The summed E-state index contributed by atoms with van der Waals surface area (Å²) in [6, 6.07) is 18.0. The predicted molar refractivity (Wildman–Crippen MR) is 154 cm³/mol. The second-order valence-corrected chi connectivity index (χ2v) is 10.7. The molecule has 2 heterocycles. The monoisotopic (exact) mass is 596 g/mol. The normalized spacial score (nSPS) is 15.0. The number of benzene rings is 3. The second kappa shape index (κ2) is 11.8. The zero-order valence-corrected chi connectivity index (χ0v) is 23.8. The van der Waals surface area contributed by atoms with Gasteiger partial charge in [0.15, 0.2) is 4.80 Å². The number of allylic oxidation sites excluding steroid dienone is 1. The van der Waals surface area contributed by atoms with Crippen LogP contribution in [0.5, 0.6) is 5.75 Å². The van der Waals surface area contributed by atoms with Gasteiger partial charge in [-0.15, -0.1) is 0 Å². The van der Waals surface area contributed by atoms with Crippen molar-refractivity contribution in [1.82, 2.24) is 4.57 Å². The molecule has 0 fully saturated rings. The second-order valence-electron chi connectivity index (χ2n) is 8.88. The Morgan fingerprint density at radius 1 is 1.12 bits per heavy atom. The summed E-state index contributed by atoms with van der Waals surface area (Å²) >= 11 is 14.0. The molecule has 0 saturated heterocycles. The maximum atomic E-state index is 14.2. The number of thiazole rings is 1. The Labute approximate surface area is 243 Å². The molecule has 204 valence electrons. The minimum atomic E-state index is -0.721. The highest BCUT2D eigenvalue weighted by Gasteiger charge is 2.33. The van der Waals surface area contributed by atoms with Crippen molar-refractivity contribution in [1.29, 1.82) is 0 Å². The molecule has 0 bridgehead atoms. The van der Waals surface area contributed by atoms with E-state index in [-0.39, 0.29) is 22.9 Å². The zero-order valence-electron chi connectivity index (χ0n) is 21.5. The maximum absolute atomic E-state index is 14.2. The highest BCUT2D eigenvalue weighted by Crippen LogP contribution is 2.34. The quantitative estimate of drug-likeness (QED) is 0.252. The third kappa shape index (κ3) is 5.35. The number of nitrogens with zero attached hydrogens (tertiary/aromatic N) is 2. The number of hydrogen-bond acceptors (Lipinski definition) is 6. The topological polar surface area (TPSA) is 69.9 Å². The summed E-state index contributed by atoms with van der Waals surface area (Å²) in [5.41, 5.74) is 2.05. The molecule has 0 amide bonds. The third-order valence-electron chi connectivity index (χ3n) is 6.42. The van der Waals surface area contributed by atoms with Gasteiger partial charge in [0.05, 0.1) is 34.0 Å². The van der Waals surface area contributed by atoms with E-state index in [1.165, 1.54) is 35.1 Å². The molecule has 0 N–H and O–H groups in total. The van der Waals surface area contributed by atoms with Crippen LogP contribution in [0.25, 0.3) is 6.08 Å². The van der Waals surface area contributed by atoms with E-state index >= 15 is 0 Å². The molecule has 1 aliphatic heterocycles. The Bertz CT molecular complexity index is 1820. The van der Waals surface area contributed by atoms with Gasteiger partial charge in [-0.1, -0.05) is 90.0 Å². The lowest BCUT2D eigenvalue weighted by Crippen LogP contribution is -2.40. The van der Waals surface area contributed by atoms with Crippen molar-refractivity contribution in [3.63, 3.8) is 0 Å². The summed E-state index contributed by atoms with van der Waals surface area (Å²) in [6.07, 6.45) is 2.09. The molecular formula is C30H23Cl2FN2O4S. The molecule has 1 atom stereocenters. The average molecular weight is 597 g/mol. The minimum absolute atomic E-state index is 0.0769. The largest absolute Gasteiger partial charge is 0.487 e. The van der Waals surface area contributed by atoms with Crippen LogP contribution in [0, 0.1) is 5.82 Å². The molecule has 0 aliphatic carbocycles. The van der Waals surface area contributed by atoms with Gasteiger partial charge in [-0.25, -0.2) is 14.2 Å². The van der Waals surface area contributed by atoms with E-state index in [1.54, 1.807) is 30.3 Å². The molecule has 5 rings (SSSR count). The highest BCUT2D eigenvalue weighted by atomic mass is 35.5. The first-order valence-electron chi connectivity index (χ1n) is 12.4. The van der Waals surface area contributed by atoms with Gasteiger partial charge in [-0.05, 0) is 36.3 Å². The zero-order chi connectivity index (χ0) is 28.4. The van der Waals surface area contributed by atoms with Crippen LogP contribution in [-0.4, -0.2) is 17.6 Å². The predicted octanol–water partition coefficient (Wildman–Crippen LogP) is 5.82. The first-order valence-corrected chi connectivity index (χ1v) is 13.9. The number of halogens is 3. The first-order chi connectivity index (χ1) is 19.3. The van der Waals surface area contributed by atoms with E-state index in [9.17, 15) is 14.0 Å². The van der Waals surface area contributed by atoms with Crippen molar-refractivity contribution in [3.8, 4) is 5.75 Å². The van der Waals surface area contributed by atoms with Crippen LogP contribution in [-0.2, 0) is 16.1 Å². The van der Waals surface area contributed by atoms with E-state index in [4.69, 9.17) is 32.7 Å². The van der Waals surface area contributed by atoms with Crippen LogP contribution in [0.2, 0.25) is 10.0 Å².